The molecule has 28 heavy (non-hydrogen) atoms. The minimum Gasteiger partial charge on any atom is -0.487 e. The van der Waals surface area contributed by atoms with Gasteiger partial charge in [-0.2, -0.15) is 0 Å². The van der Waals surface area contributed by atoms with Crippen LogP contribution in [0.1, 0.15) is 40.8 Å². The van der Waals surface area contributed by atoms with E-state index in [0.29, 0.717) is 18.3 Å². The summed E-state index contributed by atoms with van der Waals surface area (Å²) in [6, 6.07) is 7.22. The Balaban J connectivity index is 1.42. The van der Waals surface area contributed by atoms with Gasteiger partial charge in [-0.05, 0) is 44.9 Å². The Hall–Kier alpha value is -2.93. The van der Waals surface area contributed by atoms with E-state index in [-0.39, 0.29) is 5.56 Å². The van der Waals surface area contributed by atoms with E-state index in [0.717, 1.165) is 27.7 Å². The van der Waals surface area contributed by atoms with Crippen LogP contribution < -0.4 is 10.3 Å². The molecule has 0 saturated heterocycles. The molecular weight excluding hydrogens is 372 g/mol. The fourth-order valence-corrected chi connectivity index (χ4v) is 4.05. The molecular formula is C21H20N4O2S. The Labute approximate surface area is 166 Å². The third-order valence-electron chi connectivity index (χ3n) is 5.06. The van der Waals surface area contributed by atoms with Gasteiger partial charge in [0, 0.05) is 35.5 Å². The number of imidazole rings is 1. The highest BCUT2D eigenvalue weighted by Gasteiger charge is 2.28. The number of fused-ring (bicyclic) bond motifs is 1. The Morgan fingerprint density at radius 3 is 2.79 bits per heavy atom. The van der Waals surface area contributed by atoms with Gasteiger partial charge in [0.15, 0.2) is 0 Å². The lowest BCUT2D eigenvalue weighted by molar-refractivity contribution is 0.301. The highest BCUT2D eigenvalue weighted by molar-refractivity contribution is 7.09. The second-order valence-electron chi connectivity index (χ2n) is 7.19. The van der Waals surface area contributed by atoms with Gasteiger partial charge >= 0.3 is 0 Å². The molecule has 1 fully saturated rings. The van der Waals surface area contributed by atoms with Crippen LogP contribution in [0.15, 0.2) is 46.8 Å². The molecule has 4 aromatic heterocycles. The highest BCUT2D eigenvalue weighted by atomic mass is 32.1. The highest BCUT2D eigenvalue weighted by Crippen LogP contribution is 2.41. The standard InChI is InChI=1S/C21H20N4O2S/c1-13-21(15-3-4-15)23-19-6-5-17(10-25(13)19)24-8-7-18(9-20(24)26)27-11-16-12-28-14(2)22-16/h5-10,12,15H,3-4,11H2,1-2H3. The first-order valence-electron chi connectivity index (χ1n) is 9.34. The van der Waals surface area contributed by atoms with E-state index in [1.165, 1.54) is 24.6 Å². The molecule has 0 radical (unpaired) electrons. The van der Waals surface area contributed by atoms with Crippen molar-refractivity contribution in [1.82, 2.24) is 18.9 Å². The van der Waals surface area contributed by atoms with Crippen LogP contribution in [0.2, 0.25) is 0 Å². The molecule has 0 atom stereocenters. The first kappa shape index (κ1) is 17.2. The molecule has 0 aromatic carbocycles. The molecule has 0 aliphatic heterocycles. The normalized spacial score (nSPS) is 13.9. The summed E-state index contributed by atoms with van der Waals surface area (Å²) >= 11 is 1.59. The zero-order valence-electron chi connectivity index (χ0n) is 15.8. The number of thiazole rings is 1. The average Bonchev–Trinajstić information content (AvgIpc) is 3.37. The van der Waals surface area contributed by atoms with Gasteiger partial charge in [-0.15, -0.1) is 11.3 Å². The Kier molecular flexibility index (Phi) is 4.05. The molecule has 0 N–H and O–H groups in total. The van der Waals surface area contributed by atoms with Crippen LogP contribution in [0.3, 0.4) is 0 Å². The number of aryl methyl sites for hydroxylation is 2. The summed E-state index contributed by atoms with van der Waals surface area (Å²) in [5.74, 6) is 1.15. The van der Waals surface area contributed by atoms with E-state index in [1.54, 1.807) is 28.2 Å². The van der Waals surface area contributed by atoms with Crippen molar-refractivity contribution in [3.63, 3.8) is 0 Å². The van der Waals surface area contributed by atoms with Crippen molar-refractivity contribution in [3.05, 3.63) is 74.5 Å². The van der Waals surface area contributed by atoms with Gasteiger partial charge in [0.05, 0.1) is 22.1 Å². The number of pyridine rings is 2. The molecule has 0 spiro atoms. The summed E-state index contributed by atoms with van der Waals surface area (Å²) in [6.07, 6.45) is 6.17. The van der Waals surface area contributed by atoms with E-state index in [4.69, 9.17) is 9.72 Å². The third-order valence-corrected chi connectivity index (χ3v) is 5.89. The van der Waals surface area contributed by atoms with Crippen LogP contribution in [-0.4, -0.2) is 18.9 Å². The largest absolute Gasteiger partial charge is 0.487 e. The topological polar surface area (TPSA) is 61.4 Å². The summed E-state index contributed by atoms with van der Waals surface area (Å²) < 4.78 is 9.41. The number of rotatable bonds is 5. The predicted octanol–water partition coefficient (Wildman–Crippen LogP) is 4.01. The lowest BCUT2D eigenvalue weighted by Gasteiger charge is -2.09. The maximum Gasteiger partial charge on any atom is 0.258 e. The quantitative estimate of drug-likeness (QED) is 0.515. The summed E-state index contributed by atoms with van der Waals surface area (Å²) in [7, 11) is 0. The molecule has 4 aromatic rings. The van der Waals surface area contributed by atoms with Gasteiger partial charge < -0.3 is 9.14 Å². The molecule has 0 bridgehead atoms. The number of ether oxygens (including phenoxy) is 1. The van der Waals surface area contributed by atoms with Crippen LogP contribution in [0.25, 0.3) is 11.3 Å². The van der Waals surface area contributed by atoms with Crippen LogP contribution in [0.4, 0.5) is 0 Å². The number of aromatic nitrogens is 4. The van der Waals surface area contributed by atoms with Crippen LogP contribution in [0, 0.1) is 13.8 Å². The monoisotopic (exact) mass is 392 g/mol. The molecule has 4 heterocycles. The SMILES string of the molecule is Cc1nc(COc2ccn(-c3ccc4nc(C5CC5)c(C)n4c3)c(=O)c2)cs1. The molecule has 5 rings (SSSR count). The predicted molar refractivity (Wildman–Crippen MR) is 109 cm³/mol. The lowest BCUT2D eigenvalue weighted by atomic mass is 10.2. The molecule has 142 valence electrons. The third kappa shape index (κ3) is 3.11. The first-order valence-corrected chi connectivity index (χ1v) is 10.2. The second-order valence-corrected chi connectivity index (χ2v) is 8.25. The van der Waals surface area contributed by atoms with Gasteiger partial charge in [0.1, 0.15) is 18.0 Å². The fourth-order valence-electron chi connectivity index (χ4n) is 3.45. The van der Waals surface area contributed by atoms with Crippen molar-refractivity contribution >= 4 is 17.0 Å². The van der Waals surface area contributed by atoms with Gasteiger partial charge in [0.25, 0.3) is 5.56 Å². The van der Waals surface area contributed by atoms with E-state index in [1.807, 2.05) is 30.6 Å². The smallest absolute Gasteiger partial charge is 0.258 e. The van der Waals surface area contributed by atoms with Crippen molar-refractivity contribution < 1.29 is 4.74 Å². The van der Waals surface area contributed by atoms with E-state index in [9.17, 15) is 4.79 Å². The molecule has 6 nitrogen and oxygen atoms in total. The zero-order chi connectivity index (χ0) is 19.3. The fraction of sp³-hybridized carbons (Fsp3) is 0.286. The van der Waals surface area contributed by atoms with Crippen molar-refractivity contribution in [2.75, 3.05) is 0 Å². The van der Waals surface area contributed by atoms with Crippen molar-refractivity contribution in [2.24, 2.45) is 0 Å². The summed E-state index contributed by atoms with van der Waals surface area (Å²) in [5.41, 5.74) is 4.82. The minimum atomic E-state index is -0.133. The van der Waals surface area contributed by atoms with E-state index < -0.39 is 0 Å². The first-order chi connectivity index (χ1) is 13.6. The zero-order valence-corrected chi connectivity index (χ0v) is 16.6. The van der Waals surface area contributed by atoms with Crippen LogP contribution in [-0.2, 0) is 6.61 Å². The van der Waals surface area contributed by atoms with E-state index in [2.05, 4.69) is 16.3 Å². The van der Waals surface area contributed by atoms with Crippen molar-refractivity contribution in [2.45, 2.75) is 39.2 Å². The summed E-state index contributed by atoms with van der Waals surface area (Å²) in [6.45, 7) is 4.41. The van der Waals surface area contributed by atoms with Crippen LogP contribution >= 0.6 is 11.3 Å². The molecule has 0 amide bonds. The van der Waals surface area contributed by atoms with Gasteiger partial charge in [-0.25, -0.2) is 9.97 Å². The molecule has 1 saturated carbocycles. The molecule has 1 aliphatic rings. The second kappa shape index (κ2) is 6.60. The molecule has 7 heteroatoms. The number of hydrogen-bond acceptors (Lipinski definition) is 5. The van der Waals surface area contributed by atoms with Crippen LogP contribution in [0.5, 0.6) is 5.75 Å². The minimum absolute atomic E-state index is 0.133. The summed E-state index contributed by atoms with van der Waals surface area (Å²) in [4.78, 5) is 21.8. The summed E-state index contributed by atoms with van der Waals surface area (Å²) in [5, 5.41) is 2.97. The van der Waals surface area contributed by atoms with E-state index >= 15 is 0 Å². The van der Waals surface area contributed by atoms with Gasteiger partial charge in [-0.3, -0.25) is 9.36 Å². The molecule has 1 aliphatic carbocycles. The number of hydrogen-bond donors (Lipinski definition) is 0. The Bertz CT molecular complexity index is 1230. The maximum atomic E-state index is 12.6. The van der Waals surface area contributed by atoms with Gasteiger partial charge in [-0.1, -0.05) is 0 Å². The van der Waals surface area contributed by atoms with Crippen molar-refractivity contribution in [1.29, 1.82) is 0 Å². The molecule has 0 unspecified atom stereocenters. The Morgan fingerprint density at radius 1 is 1.21 bits per heavy atom. The lowest BCUT2D eigenvalue weighted by Crippen LogP contribution is -2.17. The number of nitrogens with zero attached hydrogens (tertiary/aromatic N) is 4. The Morgan fingerprint density at radius 2 is 2.07 bits per heavy atom. The maximum absolute atomic E-state index is 12.6. The van der Waals surface area contributed by atoms with Gasteiger partial charge in [0.2, 0.25) is 0 Å². The van der Waals surface area contributed by atoms with Crippen molar-refractivity contribution in [3.8, 4) is 11.4 Å². The average molecular weight is 392 g/mol.